The third-order valence-corrected chi connectivity index (χ3v) is 3.96. The summed E-state index contributed by atoms with van der Waals surface area (Å²) in [7, 11) is 0. The number of rotatable bonds is 2. The largest absolute Gasteiger partial charge is 0.444 e. The van der Waals surface area contributed by atoms with Crippen LogP contribution in [0.5, 0.6) is 0 Å². The van der Waals surface area contributed by atoms with Crippen LogP contribution in [0.25, 0.3) is 0 Å². The first-order chi connectivity index (χ1) is 7.37. The molecule has 94 valence electrons. The zero-order chi connectivity index (χ0) is 12.2. The van der Waals surface area contributed by atoms with E-state index in [1.54, 1.807) is 0 Å². The Hall–Kier alpha value is 0. The fourth-order valence-electron chi connectivity index (χ4n) is 1.87. The highest BCUT2D eigenvalue weighted by atomic mass is 127. The standard InChI is InChI=1S/C12H22INO2/c1-12(2,3)16-11(15)14-8-9-4-6-10(13)7-5-9/h9-10H,4-8H2,1-3H3,(H,14,15). The molecule has 1 rings (SSSR count). The maximum absolute atomic E-state index is 11.4. The predicted octanol–water partition coefficient (Wildman–Crippen LogP) is 3.50. The summed E-state index contributed by atoms with van der Waals surface area (Å²) in [6, 6.07) is 0. The van der Waals surface area contributed by atoms with E-state index in [0.29, 0.717) is 5.92 Å². The van der Waals surface area contributed by atoms with E-state index in [1.165, 1.54) is 25.7 Å². The summed E-state index contributed by atoms with van der Waals surface area (Å²) < 4.78 is 6.03. The van der Waals surface area contributed by atoms with Crippen LogP contribution < -0.4 is 5.32 Å². The van der Waals surface area contributed by atoms with Crippen molar-refractivity contribution in [3.63, 3.8) is 0 Å². The Morgan fingerprint density at radius 3 is 2.38 bits per heavy atom. The first-order valence-electron chi connectivity index (χ1n) is 5.98. The van der Waals surface area contributed by atoms with Gasteiger partial charge in [0, 0.05) is 10.5 Å². The number of nitrogens with one attached hydrogen (secondary N) is 1. The maximum atomic E-state index is 11.4. The molecule has 1 aliphatic carbocycles. The van der Waals surface area contributed by atoms with Gasteiger partial charge in [0.1, 0.15) is 5.60 Å². The molecule has 0 aliphatic heterocycles. The van der Waals surface area contributed by atoms with E-state index >= 15 is 0 Å². The lowest BCUT2D eigenvalue weighted by Gasteiger charge is -2.26. The van der Waals surface area contributed by atoms with Gasteiger partial charge in [-0.15, -0.1) is 0 Å². The first-order valence-corrected chi connectivity index (χ1v) is 7.22. The Bertz CT molecular complexity index is 230. The van der Waals surface area contributed by atoms with E-state index < -0.39 is 5.60 Å². The van der Waals surface area contributed by atoms with Crippen LogP contribution in [0.3, 0.4) is 0 Å². The topological polar surface area (TPSA) is 38.3 Å². The van der Waals surface area contributed by atoms with Crippen molar-refractivity contribution in [1.82, 2.24) is 5.32 Å². The van der Waals surface area contributed by atoms with Crippen LogP contribution in [0.15, 0.2) is 0 Å². The molecule has 1 amide bonds. The second-order valence-corrected chi connectivity index (χ2v) is 7.26. The Kier molecular flexibility index (Phi) is 5.34. The molecule has 1 N–H and O–H groups in total. The van der Waals surface area contributed by atoms with Gasteiger partial charge in [-0.3, -0.25) is 0 Å². The number of amides is 1. The van der Waals surface area contributed by atoms with Gasteiger partial charge in [0.25, 0.3) is 0 Å². The van der Waals surface area contributed by atoms with Crippen LogP contribution in [0, 0.1) is 5.92 Å². The molecule has 1 aliphatic rings. The normalized spacial score (nSPS) is 26.2. The molecular formula is C12H22INO2. The molecule has 0 unspecified atom stereocenters. The lowest BCUT2D eigenvalue weighted by atomic mass is 9.89. The Labute approximate surface area is 112 Å². The lowest BCUT2D eigenvalue weighted by molar-refractivity contribution is 0.0516. The molecule has 0 heterocycles. The number of hydrogen-bond acceptors (Lipinski definition) is 2. The summed E-state index contributed by atoms with van der Waals surface area (Å²) in [4.78, 5) is 11.4. The molecule has 1 fully saturated rings. The summed E-state index contributed by atoms with van der Waals surface area (Å²) in [6.45, 7) is 6.41. The van der Waals surface area contributed by atoms with E-state index in [4.69, 9.17) is 4.74 Å². The molecule has 0 bridgehead atoms. The zero-order valence-electron chi connectivity index (χ0n) is 10.4. The van der Waals surface area contributed by atoms with Gasteiger partial charge in [0.05, 0.1) is 0 Å². The van der Waals surface area contributed by atoms with Gasteiger partial charge in [-0.25, -0.2) is 4.79 Å². The van der Waals surface area contributed by atoms with Gasteiger partial charge in [0.2, 0.25) is 0 Å². The summed E-state index contributed by atoms with van der Waals surface area (Å²) in [6.07, 6.45) is 4.72. The van der Waals surface area contributed by atoms with Gasteiger partial charge >= 0.3 is 6.09 Å². The van der Waals surface area contributed by atoms with Crippen LogP contribution in [0.4, 0.5) is 4.79 Å². The SMILES string of the molecule is CC(C)(C)OC(=O)NCC1CCC(I)CC1. The average Bonchev–Trinajstić information content (AvgIpc) is 2.14. The summed E-state index contributed by atoms with van der Waals surface area (Å²) in [5.41, 5.74) is -0.399. The maximum Gasteiger partial charge on any atom is 0.407 e. The molecule has 16 heavy (non-hydrogen) atoms. The van der Waals surface area contributed by atoms with Gasteiger partial charge in [-0.05, 0) is 52.4 Å². The molecule has 0 aromatic rings. The van der Waals surface area contributed by atoms with Crippen molar-refractivity contribution in [3.05, 3.63) is 0 Å². The molecule has 1 saturated carbocycles. The fourth-order valence-corrected chi connectivity index (χ4v) is 2.59. The highest BCUT2D eigenvalue weighted by molar-refractivity contribution is 14.1. The van der Waals surface area contributed by atoms with Gasteiger partial charge in [-0.2, -0.15) is 0 Å². The Balaban J connectivity index is 2.17. The average molecular weight is 339 g/mol. The lowest BCUT2D eigenvalue weighted by Crippen LogP contribution is -2.36. The van der Waals surface area contributed by atoms with Gasteiger partial charge in [-0.1, -0.05) is 22.6 Å². The van der Waals surface area contributed by atoms with Crippen molar-refractivity contribution in [2.24, 2.45) is 5.92 Å². The summed E-state index contributed by atoms with van der Waals surface area (Å²) >= 11 is 2.51. The molecule has 3 nitrogen and oxygen atoms in total. The van der Waals surface area contributed by atoms with Crippen molar-refractivity contribution in [1.29, 1.82) is 0 Å². The number of ether oxygens (including phenoxy) is 1. The number of hydrogen-bond donors (Lipinski definition) is 1. The smallest absolute Gasteiger partial charge is 0.407 e. The minimum absolute atomic E-state index is 0.288. The highest BCUT2D eigenvalue weighted by Gasteiger charge is 2.21. The molecule has 0 spiro atoms. The highest BCUT2D eigenvalue weighted by Crippen LogP contribution is 2.28. The number of alkyl halides is 1. The van der Waals surface area contributed by atoms with Crippen molar-refractivity contribution >= 4 is 28.7 Å². The van der Waals surface area contributed by atoms with E-state index in [1.807, 2.05) is 20.8 Å². The third-order valence-electron chi connectivity index (χ3n) is 2.71. The van der Waals surface area contributed by atoms with Crippen molar-refractivity contribution in [2.75, 3.05) is 6.54 Å². The van der Waals surface area contributed by atoms with Crippen molar-refractivity contribution in [3.8, 4) is 0 Å². The predicted molar refractivity (Wildman–Crippen MR) is 74.0 cm³/mol. The van der Waals surface area contributed by atoms with E-state index in [-0.39, 0.29) is 6.09 Å². The molecular weight excluding hydrogens is 317 g/mol. The molecule has 0 radical (unpaired) electrons. The Morgan fingerprint density at radius 1 is 1.31 bits per heavy atom. The van der Waals surface area contributed by atoms with E-state index in [0.717, 1.165) is 10.5 Å². The summed E-state index contributed by atoms with van der Waals surface area (Å²) in [5.74, 6) is 0.638. The van der Waals surface area contributed by atoms with Gasteiger partial charge in [0.15, 0.2) is 0 Å². The van der Waals surface area contributed by atoms with Crippen LogP contribution in [0.2, 0.25) is 0 Å². The zero-order valence-corrected chi connectivity index (χ0v) is 12.5. The minimum atomic E-state index is -0.399. The molecule has 0 aromatic heterocycles. The monoisotopic (exact) mass is 339 g/mol. The quantitative estimate of drug-likeness (QED) is 0.618. The number of alkyl carbamates (subject to hydrolysis) is 1. The Morgan fingerprint density at radius 2 is 1.88 bits per heavy atom. The summed E-state index contributed by atoms with van der Waals surface area (Å²) in [5, 5.41) is 2.86. The van der Waals surface area contributed by atoms with Crippen LogP contribution in [-0.4, -0.2) is 22.2 Å². The second kappa shape index (κ2) is 6.07. The number of carbonyl (C=O) groups excluding carboxylic acids is 1. The first kappa shape index (κ1) is 14.1. The fraction of sp³-hybridized carbons (Fsp3) is 0.917. The molecule has 0 aromatic carbocycles. The van der Waals surface area contributed by atoms with Crippen LogP contribution >= 0.6 is 22.6 Å². The molecule has 0 saturated heterocycles. The molecule has 4 heteroatoms. The minimum Gasteiger partial charge on any atom is -0.444 e. The van der Waals surface area contributed by atoms with Crippen LogP contribution in [-0.2, 0) is 4.74 Å². The molecule has 0 atom stereocenters. The van der Waals surface area contributed by atoms with Crippen molar-refractivity contribution in [2.45, 2.75) is 56.0 Å². The number of halogens is 1. The third kappa shape index (κ3) is 5.92. The second-order valence-electron chi connectivity index (χ2n) is 5.50. The number of carbonyl (C=O) groups is 1. The van der Waals surface area contributed by atoms with Gasteiger partial charge < -0.3 is 10.1 Å². The van der Waals surface area contributed by atoms with E-state index in [2.05, 4.69) is 27.9 Å². The van der Waals surface area contributed by atoms with E-state index in [9.17, 15) is 4.79 Å². The van der Waals surface area contributed by atoms with Crippen molar-refractivity contribution < 1.29 is 9.53 Å². The van der Waals surface area contributed by atoms with Crippen LogP contribution in [0.1, 0.15) is 46.5 Å².